The summed E-state index contributed by atoms with van der Waals surface area (Å²) in [6, 6.07) is 7.82. The topological polar surface area (TPSA) is 47.3 Å². The van der Waals surface area contributed by atoms with Gasteiger partial charge in [-0.05, 0) is 41.1 Å². The van der Waals surface area contributed by atoms with Crippen molar-refractivity contribution >= 4 is 22.9 Å². The average Bonchev–Trinajstić information content (AvgIpc) is 2.89. The van der Waals surface area contributed by atoms with Crippen LogP contribution in [0.3, 0.4) is 0 Å². The zero-order chi connectivity index (χ0) is 13.8. The van der Waals surface area contributed by atoms with Gasteiger partial charge in [0.25, 0.3) is 0 Å². The third kappa shape index (κ3) is 2.92. The molecule has 19 heavy (non-hydrogen) atoms. The fourth-order valence-corrected chi connectivity index (χ4v) is 3.35. The molecule has 1 atom stereocenters. The summed E-state index contributed by atoms with van der Waals surface area (Å²) in [5, 5.41) is 2.69. The van der Waals surface area contributed by atoms with Gasteiger partial charge in [-0.1, -0.05) is 24.6 Å². The summed E-state index contributed by atoms with van der Waals surface area (Å²) in [6.45, 7) is 2.14. The van der Waals surface area contributed by atoms with Gasteiger partial charge in [0.2, 0.25) is 0 Å². The maximum Gasteiger partial charge on any atom is 0.137 e. The number of hydrogen-bond donors (Lipinski definition) is 2. The summed E-state index contributed by atoms with van der Waals surface area (Å²) in [6.07, 6.45) is 0.988. The highest BCUT2D eigenvalue weighted by Gasteiger charge is 2.18. The molecule has 1 aromatic heterocycles. The molecule has 3 N–H and O–H groups in total. The number of hydrazine groups is 1. The molecule has 0 bridgehead atoms. The van der Waals surface area contributed by atoms with Crippen molar-refractivity contribution in [3.8, 4) is 5.75 Å². The second kappa shape index (κ2) is 6.39. The van der Waals surface area contributed by atoms with Gasteiger partial charge in [0, 0.05) is 4.88 Å². The molecule has 0 spiro atoms. The number of rotatable bonds is 5. The van der Waals surface area contributed by atoms with E-state index in [0.717, 1.165) is 12.0 Å². The van der Waals surface area contributed by atoms with Crippen LogP contribution in [0.25, 0.3) is 0 Å². The summed E-state index contributed by atoms with van der Waals surface area (Å²) in [4.78, 5) is 1.23. The van der Waals surface area contributed by atoms with E-state index in [1.165, 1.54) is 10.4 Å². The number of nitrogens with one attached hydrogen (secondary N) is 1. The molecule has 0 aliphatic rings. The van der Waals surface area contributed by atoms with Gasteiger partial charge in [0.1, 0.15) is 5.75 Å². The molecule has 2 aromatic rings. The minimum absolute atomic E-state index is 0.0406. The number of thiophene rings is 1. The van der Waals surface area contributed by atoms with Gasteiger partial charge in [0.05, 0.1) is 18.2 Å². The molecule has 3 nitrogen and oxygen atoms in total. The highest BCUT2D eigenvalue weighted by molar-refractivity contribution is 7.10. The maximum atomic E-state index is 6.05. The predicted molar refractivity (Wildman–Crippen MR) is 80.9 cm³/mol. The molecule has 0 saturated carbocycles. The number of methoxy groups -OCH3 is 1. The monoisotopic (exact) mass is 296 g/mol. The van der Waals surface area contributed by atoms with E-state index in [1.807, 2.05) is 18.2 Å². The van der Waals surface area contributed by atoms with Gasteiger partial charge >= 0.3 is 0 Å². The molecule has 0 aliphatic heterocycles. The van der Waals surface area contributed by atoms with E-state index in [2.05, 4.69) is 23.8 Å². The van der Waals surface area contributed by atoms with Gasteiger partial charge in [-0.15, -0.1) is 11.3 Å². The summed E-state index contributed by atoms with van der Waals surface area (Å²) >= 11 is 7.76. The van der Waals surface area contributed by atoms with Crippen molar-refractivity contribution in [2.45, 2.75) is 19.4 Å². The van der Waals surface area contributed by atoms with Crippen LogP contribution in [0, 0.1) is 0 Å². The zero-order valence-corrected chi connectivity index (χ0v) is 12.5. The lowest BCUT2D eigenvalue weighted by Gasteiger charge is -2.18. The van der Waals surface area contributed by atoms with E-state index >= 15 is 0 Å². The van der Waals surface area contributed by atoms with Gasteiger partial charge in [-0.25, -0.2) is 5.43 Å². The SMILES string of the molecule is CCc1ccsc1C(NN)c1ccc(Cl)c(OC)c1. The Labute approximate surface area is 122 Å². The Kier molecular flexibility index (Phi) is 4.82. The Hall–Kier alpha value is -1.07. The van der Waals surface area contributed by atoms with Crippen molar-refractivity contribution in [1.29, 1.82) is 0 Å². The van der Waals surface area contributed by atoms with Crippen LogP contribution in [0.5, 0.6) is 5.75 Å². The lowest BCUT2D eigenvalue weighted by molar-refractivity contribution is 0.414. The summed E-state index contributed by atoms with van der Waals surface area (Å²) in [7, 11) is 1.61. The normalized spacial score (nSPS) is 12.4. The van der Waals surface area contributed by atoms with E-state index in [-0.39, 0.29) is 6.04 Å². The predicted octanol–water partition coefficient (Wildman–Crippen LogP) is 3.53. The molecule has 1 aromatic carbocycles. The molecule has 1 unspecified atom stereocenters. The zero-order valence-electron chi connectivity index (χ0n) is 10.9. The van der Waals surface area contributed by atoms with Crippen molar-refractivity contribution in [1.82, 2.24) is 5.43 Å². The highest BCUT2D eigenvalue weighted by atomic mass is 35.5. The Morgan fingerprint density at radius 2 is 2.21 bits per heavy atom. The standard InChI is InChI=1S/C14H17ClN2OS/c1-3-9-6-7-19-14(9)13(17-16)10-4-5-11(15)12(8-10)18-2/h4-8,13,17H,3,16H2,1-2H3. The molecule has 0 radical (unpaired) electrons. The molecule has 0 amide bonds. The van der Waals surface area contributed by atoms with Crippen LogP contribution >= 0.6 is 22.9 Å². The van der Waals surface area contributed by atoms with Crippen molar-refractivity contribution in [2.75, 3.05) is 7.11 Å². The molecular weight excluding hydrogens is 280 g/mol. The van der Waals surface area contributed by atoms with Crippen LogP contribution in [0.4, 0.5) is 0 Å². The molecule has 0 saturated heterocycles. The van der Waals surface area contributed by atoms with Crippen LogP contribution in [0.1, 0.15) is 29.0 Å². The van der Waals surface area contributed by atoms with Crippen molar-refractivity contribution in [2.24, 2.45) is 5.84 Å². The first kappa shape index (κ1) is 14.3. The number of nitrogens with two attached hydrogens (primary N) is 1. The Morgan fingerprint density at radius 1 is 1.42 bits per heavy atom. The van der Waals surface area contributed by atoms with E-state index in [1.54, 1.807) is 18.4 Å². The Balaban J connectivity index is 2.42. The molecular formula is C14H17ClN2OS. The summed E-state index contributed by atoms with van der Waals surface area (Å²) < 4.78 is 5.26. The van der Waals surface area contributed by atoms with Crippen LogP contribution in [-0.2, 0) is 6.42 Å². The van der Waals surface area contributed by atoms with Crippen molar-refractivity contribution in [3.05, 3.63) is 50.7 Å². The molecule has 2 rings (SSSR count). The highest BCUT2D eigenvalue weighted by Crippen LogP contribution is 2.33. The van der Waals surface area contributed by atoms with E-state index in [4.69, 9.17) is 22.2 Å². The Bertz CT molecular complexity index is 556. The third-order valence-electron chi connectivity index (χ3n) is 3.10. The minimum Gasteiger partial charge on any atom is -0.495 e. The van der Waals surface area contributed by atoms with Crippen LogP contribution < -0.4 is 16.0 Å². The number of hydrogen-bond acceptors (Lipinski definition) is 4. The fourth-order valence-electron chi connectivity index (χ4n) is 2.07. The van der Waals surface area contributed by atoms with Crippen molar-refractivity contribution < 1.29 is 4.74 Å². The summed E-state index contributed by atoms with van der Waals surface area (Å²) in [5.74, 6) is 6.39. The third-order valence-corrected chi connectivity index (χ3v) is 4.44. The van der Waals surface area contributed by atoms with Crippen LogP contribution in [0.2, 0.25) is 5.02 Å². The number of halogens is 1. The number of benzene rings is 1. The smallest absolute Gasteiger partial charge is 0.137 e. The minimum atomic E-state index is -0.0406. The summed E-state index contributed by atoms with van der Waals surface area (Å²) in [5.41, 5.74) is 5.23. The second-order valence-corrected chi connectivity index (χ2v) is 5.51. The van der Waals surface area contributed by atoms with Gasteiger partial charge in [-0.3, -0.25) is 5.84 Å². The van der Waals surface area contributed by atoms with E-state index < -0.39 is 0 Å². The number of aryl methyl sites for hydroxylation is 1. The molecule has 0 aliphatic carbocycles. The lowest BCUT2D eigenvalue weighted by Crippen LogP contribution is -2.28. The first-order chi connectivity index (χ1) is 9.21. The van der Waals surface area contributed by atoms with Gasteiger partial charge in [0.15, 0.2) is 0 Å². The lowest BCUT2D eigenvalue weighted by atomic mass is 10.0. The second-order valence-electron chi connectivity index (χ2n) is 4.16. The molecule has 102 valence electrons. The van der Waals surface area contributed by atoms with Gasteiger partial charge < -0.3 is 4.74 Å². The molecule has 5 heteroatoms. The quantitative estimate of drug-likeness (QED) is 0.655. The first-order valence-electron chi connectivity index (χ1n) is 6.07. The fraction of sp³-hybridized carbons (Fsp3) is 0.286. The maximum absolute atomic E-state index is 6.05. The van der Waals surface area contributed by atoms with E-state index in [9.17, 15) is 0 Å². The largest absolute Gasteiger partial charge is 0.495 e. The van der Waals surface area contributed by atoms with Crippen molar-refractivity contribution in [3.63, 3.8) is 0 Å². The van der Waals surface area contributed by atoms with Crippen LogP contribution in [-0.4, -0.2) is 7.11 Å². The first-order valence-corrected chi connectivity index (χ1v) is 7.32. The van der Waals surface area contributed by atoms with Crippen LogP contribution in [0.15, 0.2) is 29.6 Å². The molecule has 1 heterocycles. The number of ether oxygens (including phenoxy) is 1. The molecule has 0 fully saturated rings. The Morgan fingerprint density at radius 3 is 2.84 bits per heavy atom. The van der Waals surface area contributed by atoms with E-state index in [0.29, 0.717) is 10.8 Å². The van der Waals surface area contributed by atoms with Gasteiger partial charge in [-0.2, -0.15) is 0 Å². The average molecular weight is 297 g/mol.